The van der Waals surface area contributed by atoms with Gasteiger partial charge in [-0.15, -0.1) is 11.8 Å². The number of nitrogens with one attached hydrogen (secondary N) is 6. The van der Waals surface area contributed by atoms with Gasteiger partial charge in [-0.05, 0) is 56.5 Å². The molecular weight excluding hydrogens is 1010 g/mol. The highest BCUT2D eigenvalue weighted by molar-refractivity contribution is 8.76. The number of carbonyl (C=O) groups excluding carboxylic acids is 11. The van der Waals surface area contributed by atoms with E-state index in [4.69, 9.17) is 11.5 Å². The van der Waals surface area contributed by atoms with Crippen molar-refractivity contribution in [2.45, 2.75) is 94.9 Å². The molecule has 1 saturated heterocycles. The van der Waals surface area contributed by atoms with Gasteiger partial charge in [0.1, 0.15) is 12.1 Å². The van der Waals surface area contributed by atoms with E-state index >= 15 is 0 Å². The molecule has 398 valence electrons. The highest BCUT2D eigenvalue weighted by Gasteiger charge is 2.36. The van der Waals surface area contributed by atoms with Gasteiger partial charge in [0.05, 0.1) is 18.1 Å². The van der Waals surface area contributed by atoms with Gasteiger partial charge in [-0.25, -0.2) is 0 Å². The minimum Gasteiger partial charge on any atom is -0.359 e. The molecule has 0 radical (unpaired) electrons. The van der Waals surface area contributed by atoms with Crippen LogP contribution in [-0.4, -0.2) is 182 Å². The zero-order valence-electron chi connectivity index (χ0n) is 41.5. The summed E-state index contributed by atoms with van der Waals surface area (Å²) < 4.78 is 0. The molecule has 21 nitrogen and oxygen atoms in total. The van der Waals surface area contributed by atoms with Gasteiger partial charge >= 0.3 is 0 Å². The highest BCUT2D eigenvalue weighted by Crippen LogP contribution is 2.25. The minimum atomic E-state index is -0.938. The standard InChI is InChI=1S/C18H31N5O5S.C15H28N4O4S.C5H5NO2.C2H6S2.2CH4S/c1-20-15(25)10-12(17(27)21-8-7-19)22-14(24)6-4-3-5-9-29-13-11-16(26)23(2)18(13)28;1-11(20)24-9-5-3-4-6-13(21)19-12(10-14(22)17-2)15(23)18-8-7-16;1-6-4(7)2-3-5(6)8;1-3-4-2;2*1-2/h12-13H,3-11,19H2,1-2H3,(H,20,25)(H,21,27)(H,22,24);12H,3-10,16H2,1-2H3,(H,17,22)(H,18,23)(H,19,21);2-3H,1H3;1-2H3;2*2H,1H3/t12-,13?;12-;;;;/m00..../s1. The molecule has 0 aromatic heterocycles. The summed E-state index contributed by atoms with van der Waals surface area (Å²) in [6.07, 6.45) is 15.1. The molecule has 2 heterocycles. The number of carbonyl (C=O) groups is 11. The molecule has 1 unspecified atom stereocenters. The lowest BCUT2D eigenvalue weighted by atomic mass is 10.1. The van der Waals surface area contributed by atoms with Crippen LogP contribution >= 0.6 is 70.4 Å². The van der Waals surface area contributed by atoms with Crippen molar-refractivity contribution >= 4 is 135 Å². The Morgan fingerprint density at radius 3 is 1.36 bits per heavy atom. The maximum atomic E-state index is 12.1. The molecule has 0 saturated carbocycles. The largest absolute Gasteiger partial charge is 0.359 e. The third-order valence-corrected chi connectivity index (χ3v) is 12.3. The van der Waals surface area contributed by atoms with E-state index in [2.05, 4.69) is 69.7 Å². The van der Waals surface area contributed by atoms with E-state index in [0.29, 0.717) is 12.8 Å². The first-order valence-corrected chi connectivity index (χ1v) is 28.6. The molecular formula is C42H78N10O11S6. The predicted octanol–water partition coefficient (Wildman–Crippen LogP) is 0.516. The summed E-state index contributed by atoms with van der Waals surface area (Å²) in [7, 11) is 9.43. The normalized spacial score (nSPS) is 14.0. The van der Waals surface area contributed by atoms with Crippen molar-refractivity contribution in [1.82, 2.24) is 41.7 Å². The first-order valence-electron chi connectivity index (χ1n) is 21.8. The van der Waals surface area contributed by atoms with Crippen molar-refractivity contribution in [2.75, 3.05) is 90.9 Å². The first-order chi connectivity index (χ1) is 32.8. The van der Waals surface area contributed by atoms with Crippen LogP contribution in [0.5, 0.6) is 0 Å². The Hall–Kier alpha value is -3.47. The predicted molar refractivity (Wildman–Crippen MR) is 288 cm³/mol. The fourth-order valence-corrected chi connectivity index (χ4v) is 6.91. The number of likely N-dealkylation sites (tertiary alicyclic amines) is 1. The van der Waals surface area contributed by atoms with E-state index in [1.54, 1.807) is 34.1 Å². The van der Waals surface area contributed by atoms with Crippen molar-refractivity contribution in [1.29, 1.82) is 0 Å². The second-order valence-corrected chi connectivity index (χ2v) is 19.1. The Morgan fingerprint density at radius 1 is 0.652 bits per heavy atom. The van der Waals surface area contributed by atoms with Crippen LogP contribution in [0.25, 0.3) is 0 Å². The topological polar surface area (TPSA) is 318 Å². The molecule has 0 aromatic carbocycles. The SMILES string of the molecule is CN1C(=O)C=CC1=O.CNC(=O)C[C@H](NC(=O)CCCCCSC(C)=O)C(=O)NCCN.CNC(=O)C[C@H](NC(=O)CCCCCSC1CC(=O)N(C)C1=O)C(=O)NCCN.CS.CS.CSSC. The van der Waals surface area contributed by atoms with Crippen LogP contribution in [0.4, 0.5) is 0 Å². The van der Waals surface area contributed by atoms with Crippen LogP contribution in [0.2, 0.25) is 0 Å². The summed E-state index contributed by atoms with van der Waals surface area (Å²) in [6.45, 7) is 2.63. The number of rotatable bonds is 26. The first kappa shape index (κ1) is 72.1. The average Bonchev–Trinajstić information content (AvgIpc) is 3.78. The van der Waals surface area contributed by atoms with Crippen molar-refractivity contribution in [2.24, 2.45) is 11.5 Å². The zero-order valence-corrected chi connectivity index (χ0v) is 46.5. The maximum Gasteiger partial charge on any atom is 0.253 e. The fraction of sp³-hybridized carbons (Fsp3) is 0.690. The smallest absolute Gasteiger partial charge is 0.253 e. The molecule has 2 rings (SSSR count). The Kier molecular flexibility index (Phi) is 50.3. The summed E-state index contributed by atoms with van der Waals surface area (Å²) in [5, 5.41) is 15.0. The van der Waals surface area contributed by atoms with Crippen molar-refractivity contribution < 1.29 is 52.7 Å². The van der Waals surface area contributed by atoms with E-state index < -0.39 is 23.9 Å². The van der Waals surface area contributed by atoms with Crippen LogP contribution in [0.1, 0.15) is 77.6 Å². The number of nitrogens with zero attached hydrogens (tertiary/aromatic N) is 2. The van der Waals surface area contributed by atoms with E-state index in [-0.39, 0.29) is 116 Å². The highest BCUT2D eigenvalue weighted by atomic mass is 33.1. The number of thioether (sulfide) groups is 2. The minimum absolute atomic E-state index is 0.0910. The van der Waals surface area contributed by atoms with Gasteiger partial charge < -0.3 is 43.4 Å². The Bertz CT molecular complexity index is 1580. The Morgan fingerprint density at radius 2 is 1.06 bits per heavy atom. The molecule has 1 fully saturated rings. The number of thiol groups is 2. The summed E-state index contributed by atoms with van der Waals surface area (Å²) in [5.74, 6) is -1.40. The molecule has 2 aliphatic heterocycles. The van der Waals surface area contributed by atoms with Gasteiger partial charge in [0, 0.05) is 98.5 Å². The third kappa shape index (κ3) is 38.9. The number of hydrogen-bond donors (Lipinski definition) is 10. The summed E-state index contributed by atoms with van der Waals surface area (Å²) in [6, 6.07) is -1.84. The summed E-state index contributed by atoms with van der Waals surface area (Å²) in [4.78, 5) is 128. The molecule has 69 heavy (non-hydrogen) atoms. The zero-order chi connectivity index (χ0) is 53.7. The number of amides is 10. The number of imide groups is 2. The molecule has 10 amide bonds. The van der Waals surface area contributed by atoms with Gasteiger partial charge in [-0.1, -0.05) is 46.2 Å². The quantitative estimate of drug-likeness (QED) is 0.0244. The van der Waals surface area contributed by atoms with E-state index in [9.17, 15) is 52.7 Å². The van der Waals surface area contributed by atoms with Crippen LogP contribution < -0.4 is 43.4 Å². The number of unbranched alkanes of at least 4 members (excludes halogenated alkanes) is 4. The molecule has 0 bridgehead atoms. The van der Waals surface area contributed by atoms with Gasteiger partial charge in [-0.3, -0.25) is 62.5 Å². The van der Waals surface area contributed by atoms with Crippen molar-refractivity contribution in [3.63, 3.8) is 0 Å². The van der Waals surface area contributed by atoms with Crippen molar-refractivity contribution in [3.05, 3.63) is 12.2 Å². The van der Waals surface area contributed by atoms with Gasteiger partial charge in [-0.2, -0.15) is 25.3 Å². The van der Waals surface area contributed by atoms with Crippen LogP contribution in [-0.2, 0) is 52.7 Å². The summed E-state index contributed by atoms with van der Waals surface area (Å²) >= 11 is 9.80. The van der Waals surface area contributed by atoms with E-state index in [0.717, 1.165) is 42.1 Å². The van der Waals surface area contributed by atoms with E-state index in [1.165, 1.54) is 75.7 Å². The Labute approximate surface area is 436 Å². The monoisotopic (exact) mass is 1090 g/mol. The lowest BCUT2D eigenvalue weighted by Gasteiger charge is -2.17. The summed E-state index contributed by atoms with van der Waals surface area (Å²) in [5.41, 5.74) is 10.7. The van der Waals surface area contributed by atoms with Crippen molar-refractivity contribution in [3.8, 4) is 0 Å². The molecule has 0 aromatic rings. The van der Waals surface area contributed by atoms with E-state index in [1.807, 2.05) is 0 Å². The Balaban J connectivity index is -0.000000469. The van der Waals surface area contributed by atoms with Gasteiger partial charge in [0.15, 0.2) is 5.12 Å². The molecule has 10 N–H and O–H groups in total. The van der Waals surface area contributed by atoms with Crippen LogP contribution in [0, 0.1) is 0 Å². The fourth-order valence-electron chi connectivity index (χ4n) is 5.06. The second kappa shape index (κ2) is 48.2. The average molecular weight is 1090 g/mol. The number of hydrogen-bond acceptors (Lipinski definition) is 19. The van der Waals surface area contributed by atoms with Crippen LogP contribution in [0.15, 0.2) is 12.2 Å². The second-order valence-electron chi connectivity index (χ2n) is 13.9. The van der Waals surface area contributed by atoms with Gasteiger partial charge in [0.2, 0.25) is 47.3 Å². The van der Waals surface area contributed by atoms with Gasteiger partial charge in [0.25, 0.3) is 11.8 Å². The molecule has 0 aliphatic carbocycles. The number of likely N-dealkylation sites (N-methyl/N-ethyl adjacent to an activating group) is 1. The molecule has 27 heteroatoms. The lowest BCUT2D eigenvalue weighted by molar-refractivity contribution is -0.137. The third-order valence-electron chi connectivity index (χ3n) is 8.78. The molecule has 0 spiro atoms. The number of nitrogens with two attached hydrogens (primary N) is 2. The lowest BCUT2D eigenvalue weighted by Crippen LogP contribution is -2.49. The molecule has 2 aliphatic rings. The molecule has 3 atom stereocenters. The maximum absolute atomic E-state index is 12.1. The van der Waals surface area contributed by atoms with Crippen LogP contribution in [0.3, 0.4) is 0 Å².